The van der Waals surface area contributed by atoms with E-state index in [9.17, 15) is 9.90 Å². The Balaban J connectivity index is 2.20. The number of rotatable bonds is 6. The van der Waals surface area contributed by atoms with Gasteiger partial charge in [0.1, 0.15) is 12.3 Å². The molecule has 1 atom stereocenters. The van der Waals surface area contributed by atoms with Crippen molar-refractivity contribution in [3.63, 3.8) is 0 Å². The first kappa shape index (κ1) is 16.4. The van der Waals surface area contributed by atoms with Crippen molar-refractivity contribution < 1.29 is 14.6 Å². The number of carbonyl (C=O) groups excluding carboxylic acids is 1. The highest BCUT2D eigenvalue weighted by Crippen LogP contribution is 2.22. The average molecular weight is 304 g/mol. The molecule has 0 aliphatic heterocycles. The molecular formula is C17H24N2O3. The number of benzene rings is 1. The number of ether oxygens (including phenoxy) is 1. The molecule has 22 heavy (non-hydrogen) atoms. The van der Waals surface area contributed by atoms with Gasteiger partial charge >= 0.3 is 0 Å². The Morgan fingerprint density at radius 3 is 2.64 bits per heavy atom. The highest BCUT2D eigenvalue weighted by Gasteiger charge is 2.19. The molecule has 120 valence electrons. The van der Waals surface area contributed by atoms with E-state index in [2.05, 4.69) is 0 Å². The molecule has 5 nitrogen and oxygen atoms in total. The molecule has 2 aromatic rings. The van der Waals surface area contributed by atoms with Crippen LogP contribution in [-0.2, 0) is 11.3 Å². The Morgan fingerprint density at radius 1 is 1.32 bits per heavy atom. The van der Waals surface area contributed by atoms with E-state index in [0.717, 1.165) is 16.7 Å². The van der Waals surface area contributed by atoms with Crippen molar-refractivity contribution in [3.8, 4) is 5.75 Å². The number of aliphatic hydroxyl groups excluding tert-OH is 1. The van der Waals surface area contributed by atoms with E-state index >= 15 is 0 Å². The molecule has 0 spiro atoms. The van der Waals surface area contributed by atoms with Crippen molar-refractivity contribution >= 4 is 16.8 Å². The zero-order chi connectivity index (χ0) is 16.3. The van der Waals surface area contributed by atoms with Crippen LogP contribution in [0.1, 0.15) is 20.8 Å². The molecule has 0 saturated carbocycles. The Morgan fingerprint density at radius 2 is 2.05 bits per heavy atom. The molecule has 1 amide bonds. The molecule has 1 unspecified atom stereocenters. The van der Waals surface area contributed by atoms with Crippen molar-refractivity contribution in [2.75, 3.05) is 13.7 Å². The number of aromatic nitrogens is 1. The number of methoxy groups -OCH3 is 1. The number of hydrogen-bond donors (Lipinski definition) is 1. The van der Waals surface area contributed by atoms with E-state index in [-0.39, 0.29) is 18.5 Å². The number of nitrogens with zero attached hydrogens (tertiary/aromatic N) is 2. The average Bonchev–Trinajstić information content (AvgIpc) is 2.86. The smallest absolute Gasteiger partial charge is 0.242 e. The van der Waals surface area contributed by atoms with Crippen LogP contribution in [0.5, 0.6) is 5.75 Å². The van der Waals surface area contributed by atoms with Gasteiger partial charge in [-0.05, 0) is 45.0 Å². The molecule has 0 bridgehead atoms. The van der Waals surface area contributed by atoms with E-state index in [4.69, 9.17) is 4.74 Å². The molecule has 1 heterocycles. The first-order valence-electron chi connectivity index (χ1n) is 7.52. The predicted molar refractivity (Wildman–Crippen MR) is 87.0 cm³/mol. The summed E-state index contributed by atoms with van der Waals surface area (Å²) in [6.45, 7) is 6.22. The minimum atomic E-state index is -0.531. The minimum Gasteiger partial charge on any atom is -0.497 e. The third kappa shape index (κ3) is 3.60. The Labute approximate surface area is 131 Å². The largest absolute Gasteiger partial charge is 0.497 e. The van der Waals surface area contributed by atoms with E-state index < -0.39 is 6.10 Å². The van der Waals surface area contributed by atoms with Gasteiger partial charge in [-0.25, -0.2) is 0 Å². The van der Waals surface area contributed by atoms with Crippen LogP contribution in [0.3, 0.4) is 0 Å². The first-order chi connectivity index (χ1) is 10.4. The summed E-state index contributed by atoms with van der Waals surface area (Å²) in [6.07, 6.45) is 1.38. The van der Waals surface area contributed by atoms with Gasteiger partial charge in [-0.2, -0.15) is 0 Å². The Kier molecular flexibility index (Phi) is 5.08. The molecule has 0 saturated heterocycles. The fourth-order valence-corrected chi connectivity index (χ4v) is 2.56. The molecule has 0 aliphatic rings. The highest BCUT2D eigenvalue weighted by molar-refractivity contribution is 5.84. The highest BCUT2D eigenvalue weighted by atomic mass is 16.5. The molecular weight excluding hydrogens is 280 g/mol. The van der Waals surface area contributed by atoms with Gasteiger partial charge in [-0.1, -0.05) is 0 Å². The second-order valence-electron chi connectivity index (χ2n) is 5.86. The van der Waals surface area contributed by atoms with Gasteiger partial charge in [-0.3, -0.25) is 4.79 Å². The fourth-order valence-electron chi connectivity index (χ4n) is 2.56. The first-order valence-corrected chi connectivity index (χ1v) is 7.52. The van der Waals surface area contributed by atoms with Gasteiger partial charge in [0.15, 0.2) is 0 Å². The van der Waals surface area contributed by atoms with Gasteiger partial charge in [0.2, 0.25) is 5.91 Å². The lowest BCUT2D eigenvalue weighted by Gasteiger charge is -2.28. The van der Waals surface area contributed by atoms with Gasteiger partial charge < -0.3 is 19.3 Å². The summed E-state index contributed by atoms with van der Waals surface area (Å²) in [5.74, 6) is 0.804. The predicted octanol–water partition coefficient (Wildman–Crippen LogP) is 2.27. The lowest BCUT2D eigenvalue weighted by atomic mass is 10.2. The van der Waals surface area contributed by atoms with Gasteiger partial charge in [0.05, 0.1) is 13.2 Å². The summed E-state index contributed by atoms with van der Waals surface area (Å²) in [4.78, 5) is 14.2. The molecule has 0 radical (unpaired) electrons. The molecule has 0 fully saturated rings. The summed E-state index contributed by atoms with van der Waals surface area (Å²) in [5, 5.41) is 10.6. The fraction of sp³-hybridized carbons (Fsp3) is 0.471. The van der Waals surface area contributed by atoms with Gasteiger partial charge in [-0.15, -0.1) is 0 Å². The monoisotopic (exact) mass is 304 g/mol. The molecule has 2 rings (SSSR count). The molecule has 5 heteroatoms. The van der Waals surface area contributed by atoms with Crippen LogP contribution < -0.4 is 4.74 Å². The number of fused-ring (bicyclic) bond motifs is 1. The topological polar surface area (TPSA) is 54.7 Å². The second-order valence-corrected chi connectivity index (χ2v) is 5.86. The Bertz CT molecular complexity index is 646. The van der Waals surface area contributed by atoms with Crippen LogP contribution in [0.4, 0.5) is 0 Å². The number of aliphatic hydroxyl groups is 1. The van der Waals surface area contributed by atoms with Crippen LogP contribution in [0.25, 0.3) is 10.9 Å². The molecule has 1 aromatic carbocycles. The third-order valence-corrected chi connectivity index (χ3v) is 3.69. The van der Waals surface area contributed by atoms with Gasteiger partial charge in [0.25, 0.3) is 0 Å². The second kappa shape index (κ2) is 6.83. The maximum absolute atomic E-state index is 12.5. The summed E-state index contributed by atoms with van der Waals surface area (Å²) in [5.41, 5.74) is 0.995. The van der Waals surface area contributed by atoms with Gasteiger partial charge in [0, 0.05) is 29.7 Å². The molecule has 1 N–H and O–H groups in total. The van der Waals surface area contributed by atoms with E-state index in [0.29, 0.717) is 6.54 Å². The van der Waals surface area contributed by atoms with Crippen molar-refractivity contribution in [2.45, 2.75) is 39.5 Å². The summed E-state index contributed by atoms with van der Waals surface area (Å²) < 4.78 is 7.14. The normalized spacial score (nSPS) is 12.6. The van der Waals surface area contributed by atoms with Crippen molar-refractivity contribution in [2.24, 2.45) is 0 Å². The zero-order valence-electron chi connectivity index (χ0n) is 13.6. The molecule has 1 aromatic heterocycles. The van der Waals surface area contributed by atoms with E-state index in [1.807, 2.05) is 48.9 Å². The van der Waals surface area contributed by atoms with Crippen LogP contribution in [-0.4, -0.2) is 46.3 Å². The third-order valence-electron chi connectivity index (χ3n) is 3.69. The Hall–Kier alpha value is -2.01. The van der Waals surface area contributed by atoms with Crippen LogP contribution in [0.2, 0.25) is 0 Å². The number of amides is 1. The SMILES string of the molecule is COc1ccc2c(ccn2CC(=O)N(CC(C)O)C(C)C)c1. The minimum absolute atomic E-state index is 0.00391. The van der Waals surface area contributed by atoms with Crippen molar-refractivity contribution in [3.05, 3.63) is 30.5 Å². The van der Waals surface area contributed by atoms with Crippen LogP contribution in [0, 0.1) is 0 Å². The van der Waals surface area contributed by atoms with Crippen molar-refractivity contribution in [1.82, 2.24) is 9.47 Å². The zero-order valence-corrected chi connectivity index (χ0v) is 13.6. The quantitative estimate of drug-likeness (QED) is 0.890. The van der Waals surface area contributed by atoms with E-state index in [1.165, 1.54) is 0 Å². The van der Waals surface area contributed by atoms with Crippen molar-refractivity contribution in [1.29, 1.82) is 0 Å². The van der Waals surface area contributed by atoms with E-state index in [1.54, 1.807) is 18.9 Å². The standard InChI is InChI=1S/C17H24N2O3/c1-12(2)19(10-13(3)20)17(21)11-18-8-7-14-9-15(22-4)5-6-16(14)18/h5-9,12-13,20H,10-11H2,1-4H3. The summed E-state index contributed by atoms with van der Waals surface area (Å²) >= 11 is 0. The number of carbonyl (C=O) groups is 1. The van der Waals surface area contributed by atoms with Crippen LogP contribution in [0.15, 0.2) is 30.5 Å². The maximum atomic E-state index is 12.5. The summed E-state index contributed by atoms with van der Waals surface area (Å²) in [7, 11) is 1.64. The lowest BCUT2D eigenvalue weighted by molar-refractivity contribution is -0.134. The maximum Gasteiger partial charge on any atom is 0.242 e. The van der Waals surface area contributed by atoms with Crippen LogP contribution >= 0.6 is 0 Å². The summed E-state index contributed by atoms with van der Waals surface area (Å²) in [6, 6.07) is 7.82. The number of hydrogen-bond acceptors (Lipinski definition) is 3. The molecule has 0 aliphatic carbocycles. The lowest BCUT2D eigenvalue weighted by Crippen LogP contribution is -2.42.